The van der Waals surface area contributed by atoms with Crippen LogP contribution < -0.4 is 4.98 Å². The van der Waals surface area contributed by atoms with E-state index in [0.717, 1.165) is 22.9 Å². The minimum atomic E-state index is -0.389. The summed E-state index contributed by atoms with van der Waals surface area (Å²) in [6.45, 7) is 0. The maximum atomic E-state index is 12.5. The Balaban J connectivity index is 0.000000162. The number of imidazole rings is 1. The molecule has 0 aliphatic heterocycles. The van der Waals surface area contributed by atoms with Crippen molar-refractivity contribution in [3.05, 3.63) is 97.2 Å². The molecule has 5 nitrogen and oxygen atoms in total. The van der Waals surface area contributed by atoms with Crippen molar-refractivity contribution in [2.75, 3.05) is 0 Å². The van der Waals surface area contributed by atoms with Crippen LogP contribution in [0.1, 0.15) is 0 Å². The summed E-state index contributed by atoms with van der Waals surface area (Å²) in [5.41, 5.74) is 3.90. The molecule has 143 valence electrons. The Morgan fingerprint density at radius 1 is 0.793 bits per heavy atom. The predicted octanol–water partition coefficient (Wildman–Crippen LogP) is 4.33. The number of para-hydroxylation sites is 2. The maximum Gasteiger partial charge on any atom is 2.00 e. The predicted molar refractivity (Wildman–Crippen MR) is 105 cm³/mol. The summed E-state index contributed by atoms with van der Waals surface area (Å²) in [5, 5.41) is 0. The summed E-state index contributed by atoms with van der Waals surface area (Å²) in [4.78, 5) is 21.0. The molecule has 0 saturated carbocycles. The first-order valence-electron chi connectivity index (χ1n) is 8.55. The van der Waals surface area contributed by atoms with Crippen LogP contribution in [0.3, 0.4) is 0 Å². The first-order valence-corrected chi connectivity index (χ1v) is 8.55. The van der Waals surface area contributed by atoms with E-state index in [0.29, 0.717) is 17.2 Å². The Hall–Kier alpha value is -3.31. The van der Waals surface area contributed by atoms with E-state index < -0.39 is 0 Å². The number of benzene rings is 1. The molecule has 1 aromatic carbocycles. The third kappa shape index (κ3) is 5.15. The van der Waals surface area contributed by atoms with E-state index in [-0.39, 0.29) is 25.3 Å². The van der Waals surface area contributed by atoms with Crippen molar-refractivity contribution in [2.24, 2.45) is 0 Å². The number of nitrogens with zero attached hydrogens (tertiary/aromatic N) is 5. The molecule has 0 atom stereocenters. The fourth-order valence-electron chi connectivity index (χ4n) is 2.50. The number of rotatable bonds is 2. The van der Waals surface area contributed by atoms with E-state index >= 15 is 0 Å². The van der Waals surface area contributed by atoms with Gasteiger partial charge in [-0.3, -0.25) is 14.4 Å². The first-order chi connectivity index (χ1) is 13.8. The van der Waals surface area contributed by atoms with Crippen LogP contribution in [0.4, 0.5) is 4.39 Å². The van der Waals surface area contributed by atoms with Gasteiger partial charge in [0.1, 0.15) is 0 Å². The Bertz CT molecular complexity index is 1130. The average Bonchev–Trinajstić information content (AvgIpc) is 3.20. The summed E-state index contributed by atoms with van der Waals surface area (Å²) < 4.78 is 12.5. The molecule has 0 aliphatic rings. The van der Waals surface area contributed by atoms with Crippen LogP contribution >= 0.6 is 0 Å². The van der Waals surface area contributed by atoms with Crippen LogP contribution in [-0.2, 0) is 19.5 Å². The van der Waals surface area contributed by atoms with Crippen molar-refractivity contribution in [1.82, 2.24) is 24.9 Å². The normalized spacial score (nSPS) is 9.97. The van der Waals surface area contributed by atoms with E-state index in [4.69, 9.17) is 0 Å². The summed E-state index contributed by atoms with van der Waals surface area (Å²) in [5.74, 6) is 0.302. The van der Waals surface area contributed by atoms with Crippen molar-refractivity contribution in [1.29, 1.82) is 0 Å². The molecule has 5 rings (SSSR count). The van der Waals surface area contributed by atoms with Gasteiger partial charge in [0.05, 0.1) is 5.69 Å². The molecule has 0 amide bonds. The average molecular weight is 470 g/mol. The largest absolute Gasteiger partial charge is 2.00 e. The van der Waals surface area contributed by atoms with Gasteiger partial charge in [0, 0.05) is 24.4 Å². The van der Waals surface area contributed by atoms with Crippen LogP contribution in [-0.4, -0.2) is 19.9 Å². The molecule has 4 aromatic heterocycles. The molecule has 0 saturated heterocycles. The van der Waals surface area contributed by atoms with Crippen LogP contribution in [0.15, 0.2) is 85.3 Å². The molecule has 29 heavy (non-hydrogen) atoms. The summed E-state index contributed by atoms with van der Waals surface area (Å²) in [7, 11) is 0. The summed E-state index contributed by atoms with van der Waals surface area (Å²) in [6, 6.07) is 23.0. The molecule has 0 fully saturated rings. The molecular formula is C22H14FN5Rh. The molecule has 7 heteroatoms. The first kappa shape index (κ1) is 20.4. The molecule has 4 heterocycles. The monoisotopic (exact) mass is 470 g/mol. The molecule has 0 bridgehead atoms. The van der Waals surface area contributed by atoms with Gasteiger partial charge in [-0.25, -0.2) is 0 Å². The van der Waals surface area contributed by atoms with Crippen molar-refractivity contribution < 1.29 is 23.9 Å². The Morgan fingerprint density at radius 3 is 2.10 bits per heavy atom. The van der Waals surface area contributed by atoms with Gasteiger partial charge in [0.2, 0.25) is 0 Å². The topological polar surface area (TPSA) is 65.7 Å². The second kappa shape index (κ2) is 9.76. The van der Waals surface area contributed by atoms with Crippen LogP contribution in [0.25, 0.3) is 33.9 Å². The molecule has 1 radical (unpaired) electrons. The van der Waals surface area contributed by atoms with Gasteiger partial charge < -0.3 is 15.0 Å². The maximum absolute atomic E-state index is 12.5. The molecule has 0 aliphatic carbocycles. The zero-order chi connectivity index (χ0) is 19.2. The van der Waals surface area contributed by atoms with Crippen LogP contribution in [0.2, 0.25) is 0 Å². The van der Waals surface area contributed by atoms with Gasteiger partial charge in [-0.15, -0.1) is 6.07 Å². The fraction of sp³-hybridized carbons (Fsp3) is 0. The number of hydrogen-bond acceptors (Lipinski definition) is 4. The van der Waals surface area contributed by atoms with Gasteiger partial charge in [-0.1, -0.05) is 42.5 Å². The number of halogens is 1. The molecule has 5 aromatic rings. The van der Waals surface area contributed by atoms with Gasteiger partial charge in [-0.05, 0) is 46.4 Å². The number of fused-ring (bicyclic) bond motifs is 1. The fourth-order valence-corrected chi connectivity index (χ4v) is 2.50. The smallest absolute Gasteiger partial charge is 0.434 e. The second-order valence-corrected chi connectivity index (χ2v) is 5.75. The number of aromatic nitrogens is 5. The second-order valence-electron chi connectivity index (χ2n) is 5.75. The third-order valence-corrected chi connectivity index (χ3v) is 3.80. The van der Waals surface area contributed by atoms with E-state index in [9.17, 15) is 4.39 Å². The van der Waals surface area contributed by atoms with E-state index in [1.165, 1.54) is 6.07 Å². The number of pyridine rings is 3. The van der Waals surface area contributed by atoms with Gasteiger partial charge in [0.15, 0.2) is 0 Å². The molecule has 0 unspecified atom stereocenters. The Labute approximate surface area is 179 Å². The van der Waals surface area contributed by atoms with Crippen LogP contribution in [0.5, 0.6) is 0 Å². The quantitative estimate of drug-likeness (QED) is 0.284. The van der Waals surface area contributed by atoms with Crippen molar-refractivity contribution in [3.63, 3.8) is 0 Å². The van der Waals surface area contributed by atoms with E-state index in [1.807, 2.05) is 54.6 Å². The van der Waals surface area contributed by atoms with Crippen molar-refractivity contribution in [3.8, 4) is 22.9 Å². The zero-order valence-electron chi connectivity index (χ0n) is 15.0. The Kier molecular flexibility index (Phi) is 6.87. The summed E-state index contributed by atoms with van der Waals surface area (Å²) in [6.07, 6.45) is 4.56. The zero-order valence-corrected chi connectivity index (χ0v) is 16.7. The van der Waals surface area contributed by atoms with Crippen molar-refractivity contribution in [2.45, 2.75) is 0 Å². The third-order valence-electron chi connectivity index (χ3n) is 3.80. The van der Waals surface area contributed by atoms with Gasteiger partial charge in [0.25, 0.3) is 0 Å². The molecular weight excluding hydrogens is 456 g/mol. The molecule has 0 N–H and O–H groups in total. The SMILES string of the molecule is Fc1c[c-]c(-c2ccccn2)nc1.[Rh+2].c1ccc(-c2nc3ccccc3[n-]2)nc1. The minimum Gasteiger partial charge on any atom is -0.434 e. The van der Waals surface area contributed by atoms with Gasteiger partial charge in [-0.2, -0.15) is 6.07 Å². The summed E-state index contributed by atoms with van der Waals surface area (Å²) >= 11 is 0. The number of hydrogen-bond donors (Lipinski definition) is 0. The Morgan fingerprint density at radius 2 is 1.48 bits per heavy atom. The van der Waals surface area contributed by atoms with Gasteiger partial charge >= 0.3 is 19.5 Å². The minimum absolute atomic E-state index is 0. The molecule has 0 spiro atoms. The van der Waals surface area contributed by atoms with E-state index in [2.05, 4.69) is 31.0 Å². The van der Waals surface area contributed by atoms with Crippen LogP contribution in [0, 0.1) is 11.9 Å². The van der Waals surface area contributed by atoms with E-state index in [1.54, 1.807) is 18.5 Å². The van der Waals surface area contributed by atoms with Crippen molar-refractivity contribution >= 4 is 11.0 Å². The standard InChI is InChI=1S/C12H8N3.C10H6FN2.Rh/c1-2-6-10-9(5-1)14-12(15-10)11-7-3-4-8-13-11;11-8-4-5-10(13-7-8)9-3-1-2-6-12-9;/h1-8H;1-4,6-7H;/q2*-1;+2.